The average molecular weight is 117 g/mol. The summed E-state index contributed by atoms with van der Waals surface area (Å²) in [5.74, 6) is 0. The predicted molar refractivity (Wildman–Crippen MR) is 31.6 cm³/mol. The monoisotopic (exact) mass is 117 g/mol. The van der Waals surface area contributed by atoms with E-state index in [9.17, 15) is 4.39 Å². The van der Waals surface area contributed by atoms with Gasteiger partial charge in [-0.2, -0.15) is 0 Å². The van der Waals surface area contributed by atoms with Crippen LogP contribution in [0.3, 0.4) is 0 Å². The van der Waals surface area contributed by atoms with Crippen molar-refractivity contribution in [3.63, 3.8) is 0 Å². The minimum atomic E-state index is -0.945. The summed E-state index contributed by atoms with van der Waals surface area (Å²) in [6.07, 6.45) is 0.660. The zero-order valence-corrected chi connectivity index (χ0v) is 5.37. The normalized spacial score (nSPS) is 47.6. The third-order valence-electron chi connectivity index (χ3n) is 1.55. The molecule has 0 aromatic carbocycles. The van der Waals surface area contributed by atoms with E-state index in [0.29, 0.717) is 19.0 Å². The average Bonchev–Trinajstić information content (AvgIpc) is 1.82. The smallest absolute Gasteiger partial charge is 0.122 e. The van der Waals surface area contributed by atoms with Crippen molar-refractivity contribution in [3.8, 4) is 0 Å². The Labute approximate surface area is 49.3 Å². The topological polar surface area (TPSA) is 12.0 Å². The highest BCUT2D eigenvalue weighted by atomic mass is 19.1. The molecule has 0 radical (unpaired) electrons. The first-order valence-electron chi connectivity index (χ1n) is 3.02. The van der Waals surface area contributed by atoms with Gasteiger partial charge < -0.3 is 5.32 Å². The molecule has 1 aliphatic heterocycles. The van der Waals surface area contributed by atoms with Crippen LogP contribution in [0.2, 0.25) is 0 Å². The van der Waals surface area contributed by atoms with Crippen LogP contribution in [0.1, 0.15) is 20.3 Å². The lowest BCUT2D eigenvalue weighted by molar-refractivity contribution is 0.215. The Morgan fingerprint density at radius 2 is 2.38 bits per heavy atom. The van der Waals surface area contributed by atoms with Crippen molar-refractivity contribution in [1.82, 2.24) is 5.32 Å². The molecule has 48 valence electrons. The Bertz CT molecular complexity index is 90.5. The van der Waals surface area contributed by atoms with Crippen LogP contribution in [-0.2, 0) is 0 Å². The van der Waals surface area contributed by atoms with Crippen molar-refractivity contribution in [1.29, 1.82) is 0 Å². The second-order valence-corrected chi connectivity index (χ2v) is 2.90. The highest BCUT2D eigenvalue weighted by Gasteiger charge is 2.31. The summed E-state index contributed by atoms with van der Waals surface area (Å²) in [5.41, 5.74) is -0.945. The van der Waals surface area contributed by atoms with E-state index in [1.54, 1.807) is 6.92 Å². The van der Waals surface area contributed by atoms with E-state index in [2.05, 4.69) is 5.32 Å². The van der Waals surface area contributed by atoms with Crippen molar-refractivity contribution < 1.29 is 4.39 Å². The fraction of sp³-hybridized carbons (Fsp3) is 1.00. The van der Waals surface area contributed by atoms with Crippen LogP contribution in [0.5, 0.6) is 0 Å². The summed E-state index contributed by atoms with van der Waals surface area (Å²) in [5, 5.41) is 3.03. The third kappa shape index (κ3) is 1.19. The van der Waals surface area contributed by atoms with Gasteiger partial charge in [-0.1, -0.05) is 0 Å². The second-order valence-electron chi connectivity index (χ2n) is 2.90. The van der Waals surface area contributed by atoms with Gasteiger partial charge in [-0.15, -0.1) is 0 Å². The Balaban J connectivity index is 2.44. The van der Waals surface area contributed by atoms with Crippen LogP contribution in [0.4, 0.5) is 4.39 Å². The lowest BCUT2D eigenvalue weighted by Gasteiger charge is -2.08. The van der Waals surface area contributed by atoms with Gasteiger partial charge in [0.15, 0.2) is 0 Å². The van der Waals surface area contributed by atoms with Gasteiger partial charge in [0.2, 0.25) is 0 Å². The molecular weight excluding hydrogens is 105 g/mol. The second kappa shape index (κ2) is 1.69. The summed E-state index contributed by atoms with van der Waals surface area (Å²) in [6, 6.07) is 0.366. The quantitative estimate of drug-likeness (QED) is 0.501. The highest BCUT2D eigenvalue weighted by Crippen LogP contribution is 2.21. The molecule has 0 aromatic heterocycles. The van der Waals surface area contributed by atoms with Gasteiger partial charge in [0.05, 0.1) is 0 Å². The van der Waals surface area contributed by atoms with Crippen molar-refractivity contribution in [2.75, 3.05) is 6.54 Å². The Kier molecular flexibility index (Phi) is 1.27. The molecule has 1 unspecified atom stereocenters. The number of nitrogens with one attached hydrogen (secondary N) is 1. The van der Waals surface area contributed by atoms with Crippen molar-refractivity contribution in [2.24, 2.45) is 0 Å². The molecule has 2 atom stereocenters. The first-order valence-corrected chi connectivity index (χ1v) is 3.02. The number of rotatable bonds is 0. The molecule has 1 aliphatic rings. The summed E-state index contributed by atoms with van der Waals surface area (Å²) < 4.78 is 12.8. The lowest BCUT2D eigenvalue weighted by Crippen LogP contribution is -2.21. The standard InChI is InChI=1S/C6H12FN/c1-5-3-6(2,7)4-8-5/h5,8H,3-4H2,1-2H3/t5-,6?/m0/s1. The molecule has 1 N–H and O–H groups in total. The van der Waals surface area contributed by atoms with E-state index >= 15 is 0 Å². The zero-order valence-electron chi connectivity index (χ0n) is 5.37. The number of halogens is 1. The first kappa shape index (κ1) is 6.02. The van der Waals surface area contributed by atoms with Crippen LogP contribution in [0.25, 0.3) is 0 Å². The van der Waals surface area contributed by atoms with Crippen molar-refractivity contribution in [3.05, 3.63) is 0 Å². The fourth-order valence-electron chi connectivity index (χ4n) is 1.17. The van der Waals surface area contributed by atoms with Gasteiger partial charge in [-0.3, -0.25) is 0 Å². The molecule has 1 fully saturated rings. The molecule has 1 saturated heterocycles. The van der Waals surface area contributed by atoms with Gasteiger partial charge in [0.1, 0.15) is 5.67 Å². The van der Waals surface area contributed by atoms with E-state index in [1.165, 1.54) is 0 Å². The van der Waals surface area contributed by atoms with Gasteiger partial charge in [0.25, 0.3) is 0 Å². The highest BCUT2D eigenvalue weighted by molar-refractivity contribution is 4.88. The fourth-order valence-corrected chi connectivity index (χ4v) is 1.17. The zero-order chi connectivity index (χ0) is 6.20. The molecule has 0 saturated carbocycles. The van der Waals surface area contributed by atoms with Gasteiger partial charge in [-0.05, 0) is 20.3 Å². The molecule has 1 nitrogen and oxygen atoms in total. The van der Waals surface area contributed by atoms with Crippen LogP contribution < -0.4 is 5.32 Å². The maximum absolute atomic E-state index is 12.8. The molecule has 1 rings (SSSR count). The summed E-state index contributed by atoms with van der Waals surface area (Å²) in [7, 11) is 0. The number of hydrogen-bond acceptors (Lipinski definition) is 1. The maximum atomic E-state index is 12.8. The largest absolute Gasteiger partial charge is 0.311 e. The molecule has 0 aromatic rings. The summed E-state index contributed by atoms with van der Waals surface area (Å²) in [6.45, 7) is 4.17. The Morgan fingerprint density at radius 1 is 1.75 bits per heavy atom. The molecular formula is C6H12FN. The Morgan fingerprint density at radius 3 is 2.50 bits per heavy atom. The maximum Gasteiger partial charge on any atom is 0.122 e. The molecule has 0 aliphatic carbocycles. The van der Waals surface area contributed by atoms with E-state index in [1.807, 2.05) is 6.92 Å². The van der Waals surface area contributed by atoms with E-state index in [4.69, 9.17) is 0 Å². The van der Waals surface area contributed by atoms with E-state index < -0.39 is 5.67 Å². The molecule has 0 amide bonds. The van der Waals surface area contributed by atoms with E-state index in [-0.39, 0.29) is 0 Å². The molecule has 8 heavy (non-hydrogen) atoms. The van der Waals surface area contributed by atoms with Crippen molar-refractivity contribution >= 4 is 0 Å². The molecule has 2 heteroatoms. The minimum Gasteiger partial charge on any atom is -0.311 e. The molecule has 1 heterocycles. The van der Waals surface area contributed by atoms with Gasteiger partial charge >= 0.3 is 0 Å². The van der Waals surface area contributed by atoms with Crippen LogP contribution in [0.15, 0.2) is 0 Å². The summed E-state index contributed by atoms with van der Waals surface area (Å²) >= 11 is 0. The van der Waals surface area contributed by atoms with Crippen LogP contribution >= 0.6 is 0 Å². The SMILES string of the molecule is C[C@H]1CC(C)(F)CN1. The van der Waals surface area contributed by atoms with Gasteiger partial charge in [-0.25, -0.2) is 4.39 Å². The van der Waals surface area contributed by atoms with Crippen LogP contribution in [0, 0.1) is 0 Å². The minimum absolute atomic E-state index is 0.366. The Hall–Kier alpha value is -0.110. The van der Waals surface area contributed by atoms with Crippen LogP contribution in [-0.4, -0.2) is 18.3 Å². The number of alkyl halides is 1. The molecule has 0 spiro atoms. The predicted octanol–water partition coefficient (Wildman–Crippen LogP) is 1.10. The number of hydrogen-bond donors (Lipinski definition) is 1. The lowest BCUT2D eigenvalue weighted by atomic mass is 10.1. The van der Waals surface area contributed by atoms with Crippen molar-refractivity contribution in [2.45, 2.75) is 32.0 Å². The van der Waals surface area contributed by atoms with E-state index in [0.717, 1.165) is 0 Å². The third-order valence-corrected chi connectivity index (χ3v) is 1.55. The summed E-state index contributed by atoms with van der Waals surface area (Å²) in [4.78, 5) is 0. The molecule has 0 bridgehead atoms. The first-order chi connectivity index (χ1) is 3.60. The van der Waals surface area contributed by atoms with Gasteiger partial charge in [0, 0.05) is 12.6 Å².